The monoisotopic (exact) mass is 459 g/mol. The van der Waals surface area contributed by atoms with Crippen LogP contribution in [0.2, 0.25) is 0 Å². The highest BCUT2D eigenvalue weighted by molar-refractivity contribution is 6.03. The third kappa shape index (κ3) is 4.06. The summed E-state index contributed by atoms with van der Waals surface area (Å²) < 4.78 is 7.43. The molecule has 1 atom stereocenters. The Balaban J connectivity index is 1.51. The van der Waals surface area contributed by atoms with Crippen LogP contribution in [0.5, 0.6) is 5.75 Å². The van der Waals surface area contributed by atoms with Crippen LogP contribution in [0.3, 0.4) is 0 Å². The molecule has 1 aliphatic carbocycles. The van der Waals surface area contributed by atoms with Gasteiger partial charge < -0.3 is 19.5 Å². The molecule has 178 valence electrons. The number of hydrogen-bond donors (Lipinski definition) is 1. The number of ether oxygens (including phenoxy) is 1. The van der Waals surface area contributed by atoms with E-state index in [2.05, 4.69) is 17.4 Å². The van der Waals surface area contributed by atoms with Gasteiger partial charge in [-0.25, -0.2) is 0 Å². The maximum atomic E-state index is 13.9. The van der Waals surface area contributed by atoms with E-state index in [1.165, 1.54) is 6.42 Å². The summed E-state index contributed by atoms with van der Waals surface area (Å²) in [7, 11) is 1.64. The largest absolute Gasteiger partial charge is 0.497 e. The third-order valence-corrected chi connectivity index (χ3v) is 7.53. The Morgan fingerprint density at radius 2 is 1.85 bits per heavy atom. The second kappa shape index (κ2) is 9.16. The van der Waals surface area contributed by atoms with Crippen LogP contribution in [0.25, 0.3) is 10.9 Å². The van der Waals surface area contributed by atoms with Gasteiger partial charge in [0.1, 0.15) is 17.0 Å². The van der Waals surface area contributed by atoms with Crippen LogP contribution in [0.15, 0.2) is 54.6 Å². The first-order valence-electron chi connectivity index (χ1n) is 12.3. The maximum Gasteiger partial charge on any atom is 0.271 e. The molecule has 6 heteroatoms. The Bertz CT molecular complexity index is 1200. The number of nitrogens with zero attached hydrogens (tertiary/aromatic N) is 2. The molecule has 1 fully saturated rings. The molecule has 34 heavy (non-hydrogen) atoms. The summed E-state index contributed by atoms with van der Waals surface area (Å²) in [6, 6.07) is 18.1. The van der Waals surface area contributed by atoms with E-state index in [4.69, 9.17) is 4.74 Å². The van der Waals surface area contributed by atoms with Crippen LogP contribution in [0.1, 0.15) is 55.1 Å². The fourth-order valence-corrected chi connectivity index (χ4v) is 5.48. The molecule has 1 N–H and O–H groups in total. The third-order valence-electron chi connectivity index (χ3n) is 7.53. The molecule has 2 heterocycles. The van der Waals surface area contributed by atoms with E-state index in [1.54, 1.807) is 12.0 Å². The number of nitrogens with one attached hydrogen (secondary N) is 1. The average Bonchev–Trinajstić information content (AvgIpc) is 3.22. The Morgan fingerprint density at radius 3 is 2.59 bits per heavy atom. The predicted molar refractivity (Wildman–Crippen MR) is 133 cm³/mol. The van der Waals surface area contributed by atoms with Gasteiger partial charge in [-0.05, 0) is 49.9 Å². The van der Waals surface area contributed by atoms with E-state index in [-0.39, 0.29) is 17.9 Å². The van der Waals surface area contributed by atoms with Crippen molar-refractivity contribution in [3.05, 3.63) is 65.9 Å². The highest BCUT2D eigenvalue weighted by Crippen LogP contribution is 2.34. The molecule has 5 rings (SSSR count). The molecule has 1 saturated carbocycles. The first kappa shape index (κ1) is 22.5. The minimum absolute atomic E-state index is 0.0591. The summed E-state index contributed by atoms with van der Waals surface area (Å²) in [6.07, 6.45) is 6.23. The second-order valence-corrected chi connectivity index (χ2v) is 9.82. The van der Waals surface area contributed by atoms with Crippen molar-refractivity contribution in [2.75, 3.05) is 13.7 Å². The van der Waals surface area contributed by atoms with Crippen LogP contribution < -0.4 is 10.1 Å². The lowest BCUT2D eigenvalue weighted by Gasteiger charge is -2.45. The highest BCUT2D eigenvalue weighted by atomic mass is 16.5. The van der Waals surface area contributed by atoms with Crippen molar-refractivity contribution in [2.45, 2.75) is 63.6 Å². The fourth-order valence-electron chi connectivity index (χ4n) is 5.48. The van der Waals surface area contributed by atoms with Crippen molar-refractivity contribution >= 4 is 22.7 Å². The quantitative estimate of drug-likeness (QED) is 0.588. The van der Waals surface area contributed by atoms with Crippen molar-refractivity contribution in [3.8, 4) is 5.75 Å². The second-order valence-electron chi connectivity index (χ2n) is 9.82. The van der Waals surface area contributed by atoms with Crippen molar-refractivity contribution < 1.29 is 14.3 Å². The van der Waals surface area contributed by atoms with Gasteiger partial charge in [-0.1, -0.05) is 49.6 Å². The number of amides is 2. The van der Waals surface area contributed by atoms with Gasteiger partial charge in [-0.2, -0.15) is 0 Å². The first-order chi connectivity index (χ1) is 16.5. The molecule has 0 radical (unpaired) electrons. The molecule has 2 amide bonds. The topological polar surface area (TPSA) is 63.6 Å². The Morgan fingerprint density at radius 1 is 1.09 bits per heavy atom. The molecule has 3 aromatic rings. The predicted octanol–water partition coefficient (Wildman–Crippen LogP) is 4.56. The number of carbonyl (C=O) groups excluding carboxylic acids is 2. The molecule has 2 aliphatic rings. The van der Waals surface area contributed by atoms with Crippen molar-refractivity contribution in [3.63, 3.8) is 0 Å². The van der Waals surface area contributed by atoms with E-state index in [0.29, 0.717) is 25.2 Å². The average molecular weight is 460 g/mol. The lowest BCUT2D eigenvalue weighted by atomic mass is 9.91. The number of fused-ring (bicyclic) bond motifs is 3. The Hall–Kier alpha value is -3.28. The number of benzene rings is 2. The maximum absolute atomic E-state index is 13.9. The molecule has 2 aromatic carbocycles. The molecule has 1 aromatic heterocycles. The molecule has 0 saturated heterocycles. The SMILES string of the molecule is COc1ccc2cc3n(c2c1)C[C@](C)(C(=O)NC1CCCCC1)N(CCc1ccccc1)C3=O. The summed E-state index contributed by atoms with van der Waals surface area (Å²) in [5, 5.41) is 4.28. The number of aromatic nitrogens is 1. The summed E-state index contributed by atoms with van der Waals surface area (Å²) in [5.41, 5.74) is 1.72. The first-order valence-corrected chi connectivity index (χ1v) is 12.3. The molecular formula is C28H33N3O3. The Labute approximate surface area is 200 Å². The van der Waals surface area contributed by atoms with Gasteiger partial charge in [-0.3, -0.25) is 9.59 Å². The molecule has 0 bridgehead atoms. The van der Waals surface area contributed by atoms with Gasteiger partial charge >= 0.3 is 0 Å². The zero-order valence-electron chi connectivity index (χ0n) is 20.0. The van der Waals surface area contributed by atoms with Crippen LogP contribution in [-0.2, 0) is 17.8 Å². The molecule has 6 nitrogen and oxygen atoms in total. The molecule has 0 spiro atoms. The van der Waals surface area contributed by atoms with Crippen molar-refractivity contribution in [1.82, 2.24) is 14.8 Å². The molecular weight excluding hydrogens is 426 g/mol. The Kier molecular flexibility index (Phi) is 6.07. The van der Waals surface area contributed by atoms with E-state index in [9.17, 15) is 9.59 Å². The molecule has 0 unspecified atom stereocenters. The van der Waals surface area contributed by atoms with E-state index in [0.717, 1.165) is 47.9 Å². The number of hydrogen-bond acceptors (Lipinski definition) is 3. The smallest absolute Gasteiger partial charge is 0.271 e. The lowest BCUT2D eigenvalue weighted by Crippen LogP contribution is -2.65. The molecule has 1 aliphatic heterocycles. The van der Waals surface area contributed by atoms with Gasteiger partial charge in [0, 0.05) is 24.0 Å². The van der Waals surface area contributed by atoms with Crippen LogP contribution >= 0.6 is 0 Å². The van der Waals surface area contributed by atoms with E-state index in [1.807, 2.05) is 54.0 Å². The zero-order chi connectivity index (χ0) is 23.7. The van der Waals surface area contributed by atoms with Gasteiger partial charge in [0.25, 0.3) is 5.91 Å². The number of rotatable bonds is 6. The van der Waals surface area contributed by atoms with E-state index < -0.39 is 5.54 Å². The van der Waals surface area contributed by atoms with Crippen molar-refractivity contribution in [2.24, 2.45) is 0 Å². The van der Waals surface area contributed by atoms with Crippen LogP contribution in [0.4, 0.5) is 0 Å². The van der Waals surface area contributed by atoms with Crippen molar-refractivity contribution in [1.29, 1.82) is 0 Å². The summed E-state index contributed by atoms with van der Waals surface area (Å²) in [6.45, 7) is 2.82. The fraction of sp³-hybridized carbons (Fsp3) is 0.429. The van der Waals surface area contributed by atoms with E-state index >= 15 is 0 Å². The number of methoxy groups -OCH3 is 1. The van der Waals surface area contributed by atoms with Crippen LogP contribution in [-0.4, -0.2) is 46.5 Å². The summed E-state index contributed by atoms with van der Waals surface area (Å²) in [4.78, 5) is 29.5. The summed E-state index contributed by atoms with van der Waals surface area (Å²) in [5.74, 6) is 0.579. The van der Waals surface area contributed by atoms with Gasteiger partial charge in [0.05, 0.1) is 19.2 Å². The number of carbonyl (C=O) groups is 2. The normalized spacial score (nSPS) is 20.9. The standard InChI is InChI=1S/C28H33N3O3/c1-28(27(33)29-22-11-7-4-8-12-22)19-30-24-18-23(34-2)14-13-21(24)17-25(30)26(32)31(28)16-15-20-9-5-3-6-10-20/h3,5-6,9-10,13-14,17-18,22H,4,7-8,11-12,15-16,19H2,1-2H3,(H,29,33)/t28-/m1/s1. The minimum Gasteiger partial charge on any atom is -0.497 e. The minimum atomic E-state index is -0.981. The van der Waals surface area contributed by atoms with Gasteiger partial charge in [-0.15, -0.1) is 0 Å². The summed E-state index contributed by atoms with van der Waals surface area (Å²) >= 11 is 0. The highest BCUT2D eigenvalue weighted by Gasteiger charge is 2.48. The van der Waals surface area contributed by atoms with Gasteiger partial charge in [0.15, 0.2) is 0 Å². The van der Waals surface area contributed by atoms with Gasteiger partial charge in [0.2, 0.25) is 5.91 Å². The lowest BCUT2D eigenvalue weighted by molar-refractivity contribution is -0.133. The zero-order valence-corrected chi connectivity index (χ0v) is 20.0. The van der Waals surface area contributed by atoms with Crippen LogP contribution in [0, 0.1) is 0 Å².